The Morgan fingerprint density at radius 2 is 1.38 bits per heavy atom. The number of anilines is 1. The number of hydrogen-bond acceptors (Lipinski definition) is 3. The van der Waals surface area contributed by atoms with Gasteiger partial charge >= 0.3 is 0 Å². The fourth-order valence-electron chi connectivity index (χ4n) is 4.60. The average molecular weight is 449 g/mol. The zero-order valence-corrected chi connectivity index (χ0v) is 18.9. The average Bonchev–Trinajstić information content (AvgIpc) is 2.87. The maximum atomic E-state index is 13.4. The number of carbonyl (C=O) groups is 3. The Morgan fingerprint density at radius 1 is 0.765 bits per heavy atom. The van der Waals surface area contributed by atoms with Crippen molar-refractivity contribution in [1.29, 1.82) is 0 Å². The number of rotatable bonds is 6. The Kier molecular flexibility index (Phi) is 5.68. The van der Waals surface area contributed by atoms with Crippen molar-refractivity contribution < 1.29 is 14.4 Å². The van der Waals surface area contributed by atoms with Gasteiger partial charge in [0.1, 0.15) is 0 Å². The summed E-state index contributed by atoms with van der Waals surface area (Å²) < 4.78 is 0. The van der Waals surface area contributed by atoms with E-state index >= 15 is 0 Å². The van der Waals surface area contributed by atoms with Crippen LogP contribution in [0.2, 0.25) is 0 Å². The van der Waals surface area contributed by atoms with Gasteiger partial charge in [0.25, 0.3) is 17.7 Å². The highest BCUT2D eigenvalue weighted by Crippen LogP contribution is 2.30. The third kappa shape index (κ3) is 3.75. The molecule has 5 heteroatoms. The lowest BCUT2D eigenvalue weighted by molar-refractivity contribution is 0.0610. The predicted octanol–water partition coefficient (Wildman–Crippen LogP) is 5.48. The summed E-state index contributed by atoms with van der Waals surface area (Å²) in [5, 5.41) is 1.60. The van der Waals surface area contributed by atoms with E-state index in [4.69, 9.17) is 0 Å². The van der Waals surface area contributed by atoms with Crippen molar-refractivity contribution in [2.45, 2.75) is 13.3 Å². The molecule has 0 bridgehead atoms. The van der Waals surface area contributed by atoms with Crippen LogP contribution in [0, 0.1) is 6.92 Å². The van der Waals surface area contributed by atoms with Gasteiger partial charge in [0, 0.05) is 40.9 Å². The van der Waals surface area contributed by atoms with Crippen LogP contribution in [0.1, 0.15) is 43.1 Å². The van der Waals surface area contributed by atoms with Gasteiger partial charge in [-0.2, -0.15) is 0 Å². The van der Waals surface area contributed by atoms with Crippen molar-refractivity contribution in [3.05, 3.63) is 113 Å². The van der Waals surface area contributed by atoms with Crippen LogP contribution < -0.4 is 4.90 Å². The molecule has 0 atom stereocenters. The van der Waals surface area contributed by atoms with Crippen molar-refractivity contribution in [3.8, 4) is 0 Å². The first-order valence-electron chi connectivity index (χ1n) is 11.4. The maximum Gasteiger partial charge on any atom is 0.261 e. The molecule has 1 aliphatic rings. The molecular formula is C29H24N2O3. The highest BCUT2D eigenvalue weighted by Gasteiger charge is 2.32. The fraction of sp³-hybridized carbons (Fsp3) is 0.138. The van der Waals surface area contributed by atoms with E-state index in [9.17, 15) is 14.4 Å². The van der Waals surface area contributed by atoms with Crippen LogP contribution in [0.4, 0.5) is 5.69 Å². The minimum atomic E-state index is -0.286. The molecule has 0 saturated heterocycles. The van der Waals surface area contributed by atoms with Gasteiger partial charge in [-0.1, -0.05) is 60.7 Å². The number of carbonyl (C=O) groups excluding carboxylic acids is 3. The first kappa shape index (κ1) is 21.6. The summed E-state index contributed by atoms with van der Waals surface area (Å²) in [5.41, 5.74) is 3.49. The van der Waals surface area contributed by atoms with Crippen molar-refractivity contribution in [1.82, 2.24) is 4.90 Å². The molecule has 5 rings (SSSR count). The number of imide groups is 1. The third-order valence-corrected chi connectivity index (χ3v) is 6.29. The van der Waals surface area contributed by atoms with E-state index in [2.05, 4.69) is 0 Å². The predicted molar refractivity (Wildman–Crippen MR) is 133 cm³/mol. The van der Waals surface area contributed by atoms with Crippen LogP contribution in [0.15, 0.2) is 91.0 Å². The van der Waals surface area contributed by atoms with Gasteiger partial charge in [0.15, 0.2) is 0 Å². The van der Waals surface area contributed by atoms with E-state index in [1.54, 1.807) is 29.2 Å². The zero-order valence-electron chi connectivity index (χ0n) is 18.9. The summed E-state index contributed by atoms with van der Waals surface area (Å²) in [5.74, 6) is -0.682. The first-order valence-corrected chi connectivity index (χ1v) is 11.4. The summed E-state index contributed by atoms with van der Waals surface area (Å²) in [6.07, 6.45) is 0.461. The highest BCUT2D eigenvalue weighted by atomic mass is 16.2. The van der Waals surface area contributed by atoms with Crippen LogP contribution in [-0.2, 0) is 0 Å². The van der Waals surface area contributed by atoms with E-state index in [0.717, 1.165) is 22.0 Å². The fourth-order valence-corrected chi connectivity index (χ4v) is 4.60. The Hall–Kier alpha value is -4.25. The number of aryl methyl sites for hydroxylation is 1. The topological polar surface area (TPSA) is 57.7 Å². The molecule has 1 aliphatic heterocycles. The number of nitrogens with zero attached hydrogens (tertiary/aromatic N) is 2. The Bertz CT molecular complexity index is 1360. The monoisotopic (exact) mass is 448 g/mol. The van der Waals surface area contributed by atoms with Gasteiger partial charge in [-0.15, -0.1) is 0 Å². The van der Waals surface area contributed by atoms with E-state index in [-0.39, 0.29) is 24.3 Å². The molecule has 5 nitrogen and oxygen atoms in total. The van der Waals surface area contributed by atoms with Gasteiger partial charge in [0.2, 0.25) is 0 Å². The molecule has 168 valence electrons. The standard InChI is InChI=1S/C29H24N2O3/c1-20-10-5-6-17-25(20)30(27(32)22-11-3-2-4-12-22)18-9-19-31-28(33)23-15-7-13-21-14-8-16-24(26(21)23)29(31)34/h2-8,10-17H,9,18-19H2,1H3. The molecular weight excluding hydrogens is 424 g/mol. The first-order chi connectivity index (χ1) is 16.6. The SMILES string of the molecule is Cc1ccccc1N(CCCN1C(=O)c2cccc3cccc(c23)C1=O)C(=O)c1ccccc1. The lowest BCUT2D eigenvalue weighted by Crippen LogP contribution is -2.42. The minimum Gasteiger partial charge on any atom is -0.308 e. The minimum absolute atomic E-state index is 0.110. The lowest BCUT2D eigenvalue weighted by atomic mass is 9.94. The Morgan fingerprint density at radius 3 is 2.03 bits per heavy atom. The van der Waals surface area contributed by atoms with Gasteiger partial charge in [-0.05, 0) is 54.6 Å². The quantitative estimate of drug-likeness (QED) is 0.367. The van der Waals surface area contributed by atoms with Crippen molar-refractivity contribution in [2.75, 3.05) is 18.0 Å². The normalized spacial score (nSPS) is 12.8. The molecule has 0 N–H and O–H groups in total. The molecule has 4 aromatic rings. The Labute approximate surface area is 198 Å². The molecule has 0 aromatic heterocycles. The summed E-state index contributed by atoms with van der Waals surface area (Å²) in [7, 11) is 0. The van der Waals surface area contributed by atoms with Crippen LogP contribution in [0.3, 0.4) is 0 Å². The second kappa shape index (κ2) is 8.94. The third-order valence-electron chi connectivity index (χ3n) is 6.29. The summed E-state index contributed by atoms with van der Waals surface area (Å²) in [6.45, 7) is 2.57. The molecule has 0 aliphatic carbocycles. The smallest absolute Gasteiger partial charge is 0.261 e. The van der Waals surface area contributed by atoms with Crippen LogP contribution >= 0.6 is 0 Å². The van der Waals surface area contributed by atoms with Gasteiger partial charge in [0.05, 0.1) is 0 Å². The summed E-state index contributed by atoms with van der Waals surface area (Å²) >= 11 is 0. The molecule has 0 saturated carbocycles. The number of benzene rings is 4. The van der Waals surface area contributed by atoms with Crippen molar-refractivity contribution >= 4 is 34.2 Å². The molecule has 3 amide bonds. The molecule has 1 heterocycles. The maximum absolute atomic E-state index is 13.4. The number of para-hydroxylation sites is 1. The Balaban J connectivity index is 1.39. The van der Waals surface area contributed by atoms with Crippen LogP contribution in [0.5, 0.6) is 0 Å². The molecule has 0 fully saturated rings. The largest absolute Gasteiger partial charge is 0.308 e. The van der Waals surface area contributed by atoms with E-state index in [1.807, 2.05) is 73.7 Å². The molecule has 4 aromatic carbocycles. The molecule has 0 unspecified atom stereocenters. The molecule has 34 heavy (non-hydrogen) atoms. The van der Waals surface area contributed by atoms with Crippen LogP contribution in [0.25, 0.3) is 10.8 Å². The van der Waals surface area contributed by atoms with Gasteiger partial charge in [-0.3, -0.25) is 19.3 Å². The molecule has 0 radical (unpaired) electrons. The summed E-state index contributed by atoms with van der Waals surface area (Å²) in [4.78, 5) is 42.8. The van der Waals surface area contributed by atoms with Gasteiger partial charge in [-0.25, -0.2) is 0 Å². The van der Waals surface area contributed by atoms with Gasteiger partial charge < -0.3 is 4.90 Å². The zero-order chi connectivity index (χ0) is 23.7. The van der Waals surface area contributed by atoms with Crippen LogP contribution in [-0.4, -0.2) is 35.7 Å². The number of amides is 3. The van der Waals surface area contributed by atoms with Crippen molar-refractivity contribution in [3.63, 3.8) is 0 Å². The second-order valence-electron chi connectivity index (χ2n) is 8.43. The van der Waals surface area contributed by atoms with Crippen molar-refractivity contribution in [2.24, 2.45) is 0 Å². The molecule has 0 spiro atoms. The number of hydrogen-bond donors (Lipinski definition) is 0. The highest BCUT2D eigenvalue weighted by molar-refractivity contribution is 6.25. The van der Waals surface area contributed by atoms with E-state index in [1.165, 1.54) is 4.90 Å². The van der Waals surface area contributed by atoms with E-state index < -0.39 is 0 Å². The second-order valence-corrected chi connectivity index (χ2v) is 8.43. The lowest BCUT2D eigenvalue weighted by Gasteiger charge is -2.29. The van der Waals surface area contributed by atoms with E-state index in [0.29, 0.717) is 29.7 Å². The summed E-state index contributed by atoms with van der Waals surface area (Å²) in [6, 6.07) is 27.9.